The van der Waals surface area contributed by atoms with Gasteiger partial charge in [-0.3, -0.25) is 0 Å². The van der Waals surface area contributed by atoms with Crippen LogP contribution < -0.4 is 9.47 Å². The molecule has 5 aromatic rings. The van der Waals surface area contributed by atoms with E-state index in [2.05, 4.69) is 111 Å². The molecule has 2 nitrogen and oxygen atoms in total. The largest absolute Gasteiger partial charge is 0.485 e. The number of aryl methyl sites for hydroxylation is 2. The van der Waals surface area contributed by atoms with E-state index < -0.39 is 0 Å². The smallest absolute Gasteiger partial charge is 0.180 e. The molecule has 0 fully saturated rings. The molecule has 0 atom stereocenters. The Kier molecular flexibility index (Phi) is 7.51. The lowest BCUT2D eigenvalue weighted by Gasteiger charge is -2.17. The minimum atomic E-state index is 0.575. The molecule has 0 radical (unpaired) electrons. The van der Waals surface area contributed by atoms with Crippen LogP contribution in [0.15, 0.2) is 97.1 Å². The molecular weight excluding hydrogens is 496 g/mol. The summed E-state index contributed by atoms with van der Waals surface area (Å²) < 4.78 is 12.3. The molecule has 0 spiro atoms. The highest BCUT2D eigenvalue weighted by Crippen LogP contribution is 2.53. The van der Waals surface area contributed by atoms with E-state index in [9.17, 15) is 0 Å². The Morgan fingerprint density at radius 3 is 1.10 bits per heavy atom. The second kappa shape index (κ2) is 11.5. The molecule has 4 aromatic carbocycles. The summed E-state index contributed by atoms with van der Waals surface area (Å²) in [6.45, 7) is 5.59. The Balaban J connectivity index is 1.28. The molecule has 1 aliphatic rings. The maximum Gasteiger partial charge on any atom is 0.180 e. The molecule has 2 heterocycles. The van der Waals surface area contributed by atoms with Crippen LogP contribution in [-0.2, 0) is 12.8 Å². The summed E-state index contributed by atoms with van der Waals surface area (Å²) in [4.78, 5) is 2.25. The quantitative estimate of drug-likeness (QED) is 0.199. The fraction of sp³-hybridized carbons (Fsp3) is 0.222. The molecule has 0 saturated carbocycles. The van der Waals surface area contributed by atoms with Crippen LogP contribution in [0.4, 0.5) is 0 Å². The van der Waals surface area contributed by atoms with E-state index in [1.807, 2.05) is 0 Å². The Bertz CT molecular complexity index is 1410. The van der Waals surface area contributed by atoms with Gasteiger partial charge in [0.05, 0.1) is 9.75 Å². The van der Waals surface area contributed by atoms with E-state index in [1.165, 1.54) is 46.2 Å². The minimum Gasteiger partial charge on any atom is -0.485 e. The highest BCUT2D eigenvalue weighted by atomic mass is 32.1. The van der Waals surface area contributed by atoms with Crippen LogP contribution in [0.25, 0.3) is 43.1 Å². The van der Waals surface area contributed by atoms with Gasteiger partial charge in [0.25, 0.3) is 0 Å². The van der Waals surface area contributed by atoms with E-state index in [0.717, 1.165) is 45.2 Å². The van der Waals surface area contributed by atoms with Crippen LogP contribution in [0.5, 0.6) is 11.5 Å². The summed E-state index contributed by atoms with van der Waals surface area (Å²) in [7, 11) is 0. The van der Waals surface area contributed by atoms with Crippen molar-refractivity contribution >= 4 is 11.3 Å². The average Bonchev–Trinajstić information content (AvgIpc) is 3.38. The molecule has 1 aromatic heterocycles. The van der Waals surface area contributed by atoms with Gasteiger partial charge < -0.3 is 9.47 Å². The van der Waals surface area contributed by atoms with Gasteiger partial charge >= 0.3 is 0 Å². The molecule has 0 bridgehead atoms. The highest BCUT2D eigenvalue weighted by Gasteiger charge is 2.26. The second-order valence-electron chi connectivity index (χ2n) is 10.2. The van der Waals surface area contributed by atoms with E-state index >= 15 is 0 Å². The van der Waals surface area contributed by atoms with Crippen molar-refractivity contribution < 1.29 is 9.47 Å². The summed E-state index contributed by atoms with van der Waals surface area (Å²) in [5.41, 5.74) is 10.0. The number of hydrogen-bond acceptors (Lipinski definition) is 3. The molecule has 0 unspecified atom stereocenters. The molecule has 0 aliphatic carbocycles. The van der Waals surface area contributed by atoms with Crippen LogP contribution in [-0.4, -0.2) is 13.2 Å². The van der Waals surface area contributed by atoms with Gasteiger partial charge in [0.15, 0.2) is 11.5 Å². The van der Waals surface area contributed by atoms with Crippen molar-refractivity contribution in [2.75, 3.05) is 13.2 Å². The third kappa shape index (κ3) is 5.37. The van der Waals surface area contributed by atoms with Crippen molar-refractivity contribution in [1.82, 2.24) is 0 Å². The van der Waals surface area contributed by atoms with E-state index in [0.29, 0.717) is 13.2 Å². The molecule has 1 aliphatic heterocycles. The summed E-state index contributed by atoms with van der Waals surface area (Å²) in [5, 5.41) is 0. The van der Waals surface area contributed by atoms with Gasteiger partial charge in [-0.25, -0.2) is 0 Å². The second-order valence-corrected chi connectivity index (χ2v) is 11.2. The first-order chi connectivity index (χ1) is 19.2. The van der Waals surface area contributed by atoms with Crippen LogP contribution in [0, 0.1) is 0 Å². The monoisotopic (exact) mass is 530 g/mol. The van der Waals surface area contributed by atoms with Crippen LogP contribution in [0.2, 0.25) is 0 Å². The van der Waals surface area contributed by atoms with Gasteiger partial charge in [-0.2, -0.15) is 0 Å². The van der Waals surface area contributed by atoms with Crippen molar-refractivity contribution in [3.8, 4) is 54.6 Å². The van der Waals surface area contributed by atoms with Gasteiger partial charge in [0.1, 0.15) is 13.2 Å². The zero-order chi connectivity index (χ0) is 26.6. The Morgan fingerprint density at radius 2 is 0.769 bits per heavy atom. The molecule has 39 heavy (non-hydrogen) atoms. The number of hydrogen-bond donors (Lipinski definition) is 0. The zero-order valence-electron chi connectivity index (χ0n) is 22.7. The fourth-order valence-electron chi connectivity index (χ4n) is 5.26. The molecule has 196 valence electrons. The van der Waals surface area contributed by atoms with E-state index in [-0.39, 0.29) is 0 Å². The van der Waals surface area contributed by atoms with Crippen molar-refractivity contribution in [2.45, 2.75) is 39.5 Å². The predicted molar refractivity (Wildman–Crippen MR) is 165 cm³/mol. The normalized spacial score (nSPS) is 12.5. The first-order valence-corrected chi connectivity index (χ1v) is 14.9. The van der Waals surface area contributed by atoms with E-state index in [1.54, 1.807) is 11.3 Å². The van der Waals surface area contributed by atoms with Crippen molar-refractivity contribution in [3.05, 3.63) is 108 Å². The molecular formula is C36H34O2S. The number of ether oxygens (including phenoxy) is 2. The Labute approximate surface area is 235 Å². The van der Waals surface area contributed by atoms with Gasteiger partial charge in [0.2, 0.25) is 0 Å². The number of thiophene rings is 1. The van der Waals surface area contributed by atoms with Crippen LogP contribution in [0.1, 0.15) is 37.8 Å². The third-order valence-electron chi connectivity index (χ3n) is 7.35. The summed E-state index contributed by atoms with van der Waals surface area (Å²) >= 11 is 1.75. The maximum atomic E-state index is 6.17. The minimum absolute atomic E-state index is 0.575. The summed E-state index contributed by atoms with van der Waals surface area (Å²) in [5.74, 6) is 1.74. The van der Waals surface area contributed by atoms with Gasteiger partial charge in [-0.1, -0.05) is 124 Å². The van der Waals surface area contributed by atoms with Crippen LogP contribution >= 0.6 is 11.3 Å². The van der Waals surface area contributed by atoms with Gasteiger partial charge in [-0.05, 0) is 57.3 Å². The topological polar surface area (TPSA) is 18.5 Å². The SMILES string of the molecule is CCCc1ccc(-c2ccc(-c3sc(-c4ccc(-c5ccc(CCC)cc5)cc4)c4c3OCCO4)cc2)cc1. The summed E-state index contributed by atoms with van der Waals surface area (Å²) in [6.07, 6.45) is 4.60. The van der Waals surface area contributed by atoms with Crippen molar-refractivity contribution in [2.24, 2.45) is 0 Å². The first kappa shape index (κ1) is 25.5. The first-order valence-electron chi connectivity index (χ1n) is 14.1. The molecule has 0 N–H and O–H groups in total. The Hall–Kier alpha value is -3.82. The number of benzene rings is 4. The molecule has 6 rings (SSSR count). The standard InChI is InChI=1S/C36H34O2S/c1-3-5-25-7-11-27(12-8-25)29-15-19-31(20-16-29)35-33-34(38-24-23-37-33)36(39-35)32-21-17-30(18-22-32)28-13-9-26(6-4-2)10-14-28/h7-22H,3-6,23-24H2,1-2H3. The molecule has 3 heteroatoms. The lowest BCUT2D eigenvalue weighted by atomic mass is 10.0. The van der Waals surface area contributed by atoms with Crippen molar-refractivity contribution in [1.29, 1.82) is 0 Å². The maximum absolute atomic E-state index is 6.17. The zero-order valence-corrected chi connectivity index (χ0v) is 23.5. The Morgan fingerprint density at radius 1 is 0.462 bits per heavy atom. The molecule has 0 amide bonds. The highest BCUT2D eigenvalue weighted by molar-refractivity contribution is 7.19. The lowest BCUT2D eigenvalue weighted by Crippen LogP contribution is -2.14. The van der Waals surface area contributed by atoms with Gasteiger partial charge in [-0.15, -0.1) is 11.3 Å². The van der Waals surface area contributed by atoms with Crippen molar-refractivity contribution in [3.63, 3.8) is 0 Å². The lowest BCUT2D eigenvalue weighted by molar-refractivity contribution is 0.175. The predicted octanol–water partition coefficient (Wildman–Crippen LogP) is 10.1. The molecule has 0 saturated heterocycles. The van der Waals surface area contributed by atoms with Crippen LogP contribution in [0.3, 0.4) is 0 Å². The fourth-order valence-corrected chi connectivity index (χ4v) is 6.46. The van der Waals surface area contributed by atoms with Gasteiger partial charge in [0, 0.05) is 0 Å². The number of fused-ring (bicyclic) bond motifs is 1. The average molecular weight is 531 g/mol. The third-order valence-corrected chi connectivity index (χ3v) is 8.60. The van der Waals surface area contributed by atoms with E-state index in [4.69, 9.17) is 9.47 Å². The summed E-state index contributed by atoms with van der Waals surface area (Å²) in [6, 6.07) is 35.5. The number of rotatable bonds is 8.